The number of rotatable bonds is 10. The molecule has 2 saturated carbocycles. The second kappa shape index (κ2) is 10.4. The average Bonchev–Trinajstić information content (AvgIpc) is 3.10. The molecule has 0 unspecified atom stereocenters. The minimum absolute atomic E-state index is 0.142. The van der Waals surface area contributed by atoms with Gasteiger partial charge in [0, 0.05) is 70.8 Å². The molecule has 4 heterocycles. The second-order valence-corrected chi connectivity index (χ2v) is 15.1. The number of aliphatic hydroxyl groups excluding tert-OH is 4. The molecule has 4 aliphatic heterocycles. The molecule has 8 nitrogen and oxygen atoms in total. The predicted molar refractivity (Wildman–Crippen MR) is 179 cm³/mol. The number of phenols is 2. The average molecular weight is 647 g/mol. The molecular weight excluding hydrogens is 604 g/mol. The zero-order chi connectivity index (χ0) is 33.1. The lowest BCUT2D eigenvalue weighted by molar-refractivity contribution is -0.493. The van der Waals surface area contributed by atoms with Crippen LogP contribution in [0.1, 0.15) is 34.1 Å². The van der Waals surface area contributed by atoms with Crippen molar-refractivity contribution in [3.8, 4) is 11.5 Å². The molecule has 6 fully saturated rings. The Morgan fingerprint density at radius 1 is 0.417 bits per heavy atom. The summed E-state index contributed by atoms with van der Waals surface area (Å²) in [6, 6.07) is 33.7. The first-order valence-corrected chi connectivity index (χ1v) is 17.0. The fourth-order valence-electron chi connectivity index (χ4n) is 13.0. The molecule has 4 saturated heterocycles. The highest BCUT2D eigenvalue weighted by atomic mass is 16.3. The number of benzene rings is 4. The zero-order valence-corrected chi connectivity index (χ0v) is 26.7. The quantitative estimate of drug-likeness (QED) is 0.155. The summed E-state index contributed by atoms with van der Waals surface area (Å²) >= 11 is 0. The van der Waals surface area contributed by atoms with Gasteiger partial charge in [-0.2, -0.15) is 0 Å². The van der Waals surface area contributed by atoms with E-state index >= 15 is 0 Å². The Morgan fingerprint density at radius 2 is 0.708 bits per heavy atom. The van der Waals surface area contributed by atoms with E-state index in [4.69, 9.17) is 0 Å². The third-order valence-corrected chi connectivity index (χ3v) is 13.5. The molecule has 0 aromatic heterocycles. The lowest BCUT2D eigenvalue weighted by Crippen LogP contribution is -3.07. The van der Waals surface area contributed by atoms with E-state index in [1.807, 2.05) is 60.7 Å². The van der Waals surface area contributed by atoms with Gasteiger partial charge in [0.1, 0.15) is 11.5 Å². The van der Waals surface area contributed by atoms with Crippen LogP contribution < -0.4 is 0 Å². The van der Waals surface area contributed by atoms with Gasteiger partial charge in [-0.3, -0.25) is 9.80 Å². The summed E-state index contributed by atoms with van der Waals surface area (Å²) in [5.74, 6) is -0.0937. The van der Waals surface area contributed by atoms with Gasteiger partial charge in [0.2, 0.25) is 0 Å². The SMILES string of the molecule is OCC12C(c3ccccc3)C3(CO)C4N(Cc5ccc(O)cc5)C1C1(CO)C(c5ccccc5)C4(CO)C3N(Cc3ccc(O)cc3)C21. The van der Waals surface area contributed by atoms with Crippen molar-refractivity contribution >= 4 is 0 Å². The van der Waals surface area contributed by atoms with E-state index in [2.05, 4.69) is 34.1 Å². The van der Waals surface area contributed by atoms with Crippen molar-refractivity contribution in [1.29, 1.82) is 0 Å². The first-order valence-electron chi connectivity index (χ1n) is 17.0. The standard InChI is InChI=1S/C40H42N2O6/c43-21-37-31(27-7-3-1-4-8-27)38(22-44)34-40(24-46)32(28-9-5-2-6-10-28)39(23-45,33(37)41(34)19-25-11-15-29(47)16-12-25)35(37)42(36(38)40)20-26-13-17-30(48)18-14-26/h1-18,31-36,43-48H,19-24H2. The van der Waals surface area contributed by atoms with Gasteiger partial charge in [-0.1, -0.05) is 84.9 Å². The molecule has 8 bridgehead atoms. The van der Waals surface area contributed by atoms with Crippen LogP contribution >= 0.6 is 0 Å². The fraction of sp³-hybridized carbons (Fsp3) is 0.400. The Morgan fingerprint density at radius 3 is 0.979 bits per heavy atom. The summed E-state index contributed by atoms with van der Waals surface area (Å²) in [5, 5.41) is 68.1. The van der Waals surface area contributed by atoms with Gasteiger partial charge in [-0.05, 0) is 46.5 Å². The van der Waals surface area contributed by atoms with Crippen molar-refractivity contribution in [2.45, 2.75) is 49.1 Å². The van der Waals surface area contributed by atoms with E-state index in [1.165, 1.54) is 0 Å². The first-order chi connectivity index (χ1) is 23.4. The lowest BCUT2D eigenvalue weighted by atomic mass is 9.16. The van der Waals surface area contributed by atoms with Crippen LogP contribution in [0, 0.1) is 21.7 Å². The summed E-state index contributed by atoms with van der Waals surface area (Å²) in [6.45, 7) is 0.409. The summed E-state index contributed by atoms with van der Waals surface area (Å²) in [5.41, 5.74) is 1.05. The Kier molecular flexibility index (Phi) is 6.55. The Balaban J connectivity index is 1.34. The Bertz CT molecular complexity index is 1620. The van der Waals surface area contributed by atoms with E-state index in [0.717, 1.165) is 22.3 Å². The Labute approximate surface area is 280 Å². The van der Waals surface area contributed by atoms with E-state index in [1.54, 1.807) is 24.3 Å². The molecule has 0 spiro atoms. The van der Waals surface area contributed by atoms with Crippen LogP contribution in [0.5, 0.6) is 11.5 Å². The number of nitrogens with zero attached hydrogens (tertiary/aromatic N) is 2. The van der Waals surface area contributed by atoms with Crippen LogP contribution in [0.2, 0.25) is 0 Å². The van der Waals surface area contributed by atoms with Crippen molar-refractivity contribution in [3.05, 3.63) is 131 Å². The zero-order valence-electron chi connectivity index (χ0n) is 26.7. The van der Waals surface area contributed by atoms with Crippen LogP contribution in [0.4, 0.5) is 0 Å². The third kappa shape index (κ3) is 3.27. The van der Waals surface area contributed by atoms with Gasteiger partial charge >= 0.3 is 0 Å². The lowest BCUT2D eigenvalue weighted by Gasteiger charge is -2.98. The Hall–Kier alpha value is -3.76. The normalized spacial score (nSPS) is 38.8. The smallest absolute Gasteiger partial charge is 0.115 e. The molecular formula is C40H42N2O6. The molecule has 248 valence electrons. The highest BCUT2D eigenvalue weighted by Crippen LogP contribution is 2.91. The van der Waals surface area contributed by atoms with Gasteiger partial charge in [-0.25, -0.2) is 0 Å². The molecule has 2 aliphatic carbocycles. The highest BCUT2D eigenvalue weighted by molar-refractivity contribution is 5.57. The largest absolute Gasteiger partial charge is 0.508 e. The maximum absolute atomic E-state index is 12.0. The molecule has 6 aliphatic rings. The molecule has 0 atom stereocenters. The number of hydrogen-bond donors (Lipinski definition) is 6. The topological polar surface area (TPSA) is 128 Å². The maximum Gasteiger partial charge on any atom is 0.115 e. The van der Waals surface area contributed by atoms with E-state index < -0.39 is 21.7 Å². The van der Waals surface area contributed by atoms with E-state index in [0.29, 0.717) is 13.1 Å². The molecule has 6 N–H and O–H groups in total. The van der Waals surface area contributed by atoms with Crippen LogP contribution in [-0.4, -0.2) is 91.0 Å². The molecule has 0 radical (unpaired) electrons. The highest BCUT2D eigenvalue weighted by Gasteiger charge is 2.99. The summed E-state index contributed by atoms with van der Waals surface area (Å²) in [6.07, 6.45) is 0. The minimum Gasteiger partial charge on any atom is -0.508 e. The second-order valence-electron chi connectivity index (χ2n) is 15.1. The summed E-state index contributed by atoms with van der Waals surface area (Å²) in [7, 11) is 0. The van der Waals surface area contributed by atoms with Crippen molar-refractivity contribution in [2.75, 3.05) is 26.4 Å². The molecule has 4 aromatic rings. The molecule has 48 heavy (non-hydrogen) atoms. The van der Waals surface area contributed by atoms with Gasteiger partial charge in [0.15, 0.2) is 0 Å². The number of hydrogen-bond acceptors (Lipinski definition) is 8. The van der Waals surface area contributed by atoms with E-state index in [-0.39, 0.29) is 73.9 Å². The van der Waals surface area contributed by atoms with Crippen LogP contribution in [0.25, 0.3) is 0 Å². The first kappa shape index (κ1) is 30.3. The van der Waals surface area contributed by atoms with Gasteiger partial charge in [-0.15, -0.1) is 0 Å². The molecule has 4 aromatic carbocycles. The molecule has 0 amide bonds. The number of phenolic OH excluding ortho intramolecular Hbond substituents is 2. The monoisotopic (exact) mass is 646 g/mol. The van der Waals surface area contributed by atoms with Crippen molar-refractivity contribution in [2.24, 2.45) is 21.7 Å². The number of aliphatic hydroxyl groups is 4. The van der Waals surface area contributed by atoms with Crippen LogP contribution in [-0.2, 0) is 13.1 Å². The maximum atomic E-state index is 12.0. The van der Waals surface area contributed by atoms with Crippen molar-refractivity contribution < 1.29 is 30.6 Å². The molecule has 10 rings (SSSR count). The summed E-state index contributed by atoms with van der Waals surface area (Å²) in [4.78, 5) is 4.85. The van der Waals surface area contributed by atoms with Crippen molar-refractivity contribution in [3.63, 3.8) is 0 Å². The minimum atomic E-state index is -0.761. The summed E-state index contributed by atoms with van der Waals surface area (Å²) < 4.78 is 0. The van der Waals surface area contributed by atoms with Crippen molar-refractivity contribution in [1.82, 2.24) is 9.80 Å². The predicted octanol–water partition coefficient (Wildman–Crippen LogP) is 3.43. The molecule has 8 heteroatoms. The van der Waals surface area contributed by atoms with E-state index in [9.17, 15) is 30.6 Å². The van der Waals surface area contributed by atoms with Gasteiger partial charge < -0.3 is 30.6 Å². The van der Waals surface area contributed by atoms with Gasteiger partial charge in [0.05, 0.1) is 26.4 Å². The van der Waals surface area contributed by atoms with Crippen LogP contribution in [0.15, 0.2) is 109 Å². The van der Waals surface area contributed by atoms with Crippen LogP contribution in [0.3, 0.4) is 0 Å². The third-order valence-electron chi connectivity index (χ3n) is 13.5. The van der Waals surface area contributed by atoms with Gasteiger partial charge in [0.25, 0.3) is 0 Å². The fourth-order valence-corrected chi connectivity index (χ4v) is 13.0. The number of aromatic hydroxyl groups is 2. The number of piperidine rings is 4.